The van der Waals surface area contributed by atoms with Crippen LogP contribution in [-0.2, 0) is 11.8 Å². The normalized spacial score (nSPS) is 13.5. The summed E-state index contributed by atoms with van der Waals surface area (Å²) in [5.74, 6) is 0. The third kappa shape index (κ3) is 3.64. The number of rotatable bonds is 4. The Morgan fingerprint density at radius 2 is 1.89 bits per heavy atom. The van der Waals surface area contributed by atoms with E-state index in [-0.39, 0.29) is 5.41 Å². The molecule has 0 aliphatic heterocycles. The highest BCUT2D eigenvalue weighted by Gasteiger charge is 2.19. The number of likely N-dealkylation sites (N-methyl/N-ethyl adjacent to an activating group) is 1. The van der Waals surface area contributed by atoms with Crippen molar-refractivity contribution < 1.29 is 0 Å². The lowest BCUT2D eigenvalue weighted by Gasteiger charge is -2.16. The van der Waals surface area contributed by atoms with Crippen LogP contribution in [0.2, 0.25) is 0 Å². The second-order valence-corrected chi connectivity index (χ2v) is 6.78. The third-order valence-corrected chi connectivity index (χ3v) is 4.12. The van der Waals surface area contributed by atoms with Gasteiger partial charge in [0.1, 0.15) is 0 Å². The number of nitrogens with zero attached hydrogens (tertiary/aromatic N) is 1. The van der Waals surface area contributed by atoms with Gasteiger partial charge in [0, 0.05) is 23.3 Å². The average molecular weight is 274 g/mol. The van der Waals surface area contributed by atoms with E-state index in [1.165, 1.54) is 16.3 Å². The second-order valence-electron chi connectivity index (χ2n) is 5.83. The molecule has 0 saturated heterocycles. The summed E-state index contributed by atoms with van der Waals surface area (Å²) in [6.07, 6.45) is 0.946. The van der Waals surface area contributed by atoms with Gasteiger partial charge in [0.25, 0.3) is 0 Å². The maximum atomic E-state index is 4.77. The highest BCUT2D eigenvalue weighted by atomic mass is 32.1. The lowest BCUT2D eigenvalue weighted by atomic mass is 9.93. The topological polar surface area (TPSA) is 24.9 Å². The molecular weight excluding hydrogens is 252 g/mol. The van der Waals surface area contributed by atoms with Gasteiger partial charge in [-0.3, -0.25) is 0 Å². The number of nitrogens with one attached hydrogen (secondary N) is 1. The van der Waals surface area contributed by atoms with Gasteiger partial charge in [0.2, 0.25) is 0 Å². The number of aromatic nitrogens is 1. The van der Waals surface area contributed by atoms with E-state index in [0.29, 0.717) is 6.04 Å². The first-order valence-electron chi connectivity index (χ1n) is 6.68. The highest BCUT2D eigenvalue weighted by Crippen LogP contribution is 2.26. The SMILES string of the molecule is CNC(Cc1nc(C(C)(C)C)cs1)c1ccccc1. The van der Waals surface area contributed by atoms with Crippen molar-refractivity contribution in [3.63, 3.8) is 0 Å². The van der Waals surface area contributed by atoms with Crippen LogP contribution < -0.4 is 5.32 Å². The number of hydrogen-bond donors (Lipinski definition) is 1. The molecule has 3 heteroatoms. The summed E-state index contributed by atoms with van der Waals surface area (Å²) in [7, 11) is 2.01. The molecule has 0 radical (unpaired) electrons. The van der Waals surface area contributed by atoms with Crippen LogP contribution in [0.1, 0.15) is 43.1 Å². The second kappa shape index (κ2) is 5.85. The van der Waals surface area contributed by atoms with Gasteiger partial charge in [-0.1, -0.05) is 51.1 Å². The fourth-order valence-corrected chi connectivity index (χ4v) is 3.06. The van der Waals surface area contributed by atoms with E-state index in [4.69, 9.17) is 4.98 Å². The summed E-state index contributed by atoms with van der Waals surface area (Å²) < 4.78 is 0. The van der Waals surface area contributed by atoms with Crippen LogP contribution in [-0.4, -0.2) is 12.0 Å². The van der Waals surface area contributed by atoms with Gasteiger partial charge < -0.3 is 5.32 Å². The maximum absolute atomic E-state index is 4.77. The first kappa shape index (κ1) is 14.2. The van der Waals surface area contributed by atoms with Crippen molar-refractivity contribution in [1.29, 1.82) is 0 Å². The summed E-state index contributed by atoms with van der Waals surface area (Å²) in [6, 6.07) is 10.9. The predicted molar refractivity (Wildman–Crippen MR) is 82.8 cm³/mol. The van der Waals surface area contributed by atoms with E-state index in [0.717, 1.165) is 6.42 Å². The highest BCUT2D eigenvalue weighted by molar-refractivity contribution is 7.09. The van der Waals surface area contributed by atoms with Crippen LogP contribution >= 0.6 is 11.3 Å². The molecule has 1 aromatic heterocycles. The molecular formula is C16H22N2S. The van der Waals surface area contributed by atoms with Gasteiger partial charge in [0.15, 0.2) is 0 Å². The first-order valence-corrected chi connectivity index (χ1v) is 7.56. The Balaban J connectivity index is 2.13. The molecule has 0 aliphatic carbocycles. The molecule has 0 saturated carbocycles. The fourth-order valence-electron chi connectivity index (χ4n) is 2.00. The number of thiazole rings is 1. The van der Waals surface area contributed by atoms with Gasteiger partial charge >= 0.3 is 0 Å². The van der Waals surface area contributed by atoms with Crippen molar-refractivity contribution in [2.75, 3.05) is 7.05 Å². The van der Waals surface area contributed by atoms with Gasteiger partial charge in [-0.2, -0.15) is 0 Å². The Bertz CT molecular complexity index is 511. The molecule has 0 aliphatic rings. The largest absolute Gasteiger partial charge is 0.313 e. The molecule has 1 atom stereocenters. The number of hydrogen-bond acceptors (Lipinski definition) is 3. The molecule has 2 rings (SSSR count). The Morgan fingerprint density at radius 3 is 2.42 bits per heavy atom. The summed E-state index contributed by atoms with van der Waals surface area (Å²) in [5.41, 5.74) is 2.64. The molecule has 1 heterocycles. The summed E-state index contributed by atoms with van der Waals surface area (Å²) >= 11 is 1.76. The molecule has 2 nitrogen and oxygen atoms in total. The van der Waals surface area contributed by atoms with Crippen LogP contribution in [0.4, 0.5) is 0 Å². The predicted octanol–water partition coefficient (Wildman–Crippen LogP) is 3.94. The van der Waals surface area contributed by atoms with E-state index in [1.807, 2.05) is 7.05 Å². The molecule has 0 bridgehead atoms. The number of benzene rings is 1. The lowest BCUT2D eigenvalue weighted by molar-refractivity contribution is 0.560. The molecule has 19 heavy (non-hydrogen) atoms. The van der Waals surface area contributed by atoms with Crippen molar-refractivity contribution in [1.82, 2.24) is 10.3 Å². The van der Waals surface area contributed by atoms with Crippen molar-refractivity contribution in [2.45, 2.75) is 38.6 Å². The quantitative estimate of drug-likeness (QED) is 0.913. The van der Waals surface area contributed by atoms with E-state index >= 15 is 0 Å². The van der Waals surface area contributed by atoms with Gasteiger partial charge in [-0.25, -0.2) is 4.98 Å². The van der Waals surface area contributed by atoms with Crippen LogP contribution in [0.15, 0.2) is 35.7 Å². The Kier molecular flexibility index (Phi) is 4.38. The monoisotopic (exact) mass is 274 g/mol. The Hall–Kier alpha value is -1.19. The molecule has 1 aromatic carbocycles. The van der Waals surface area contributed by atoms with E-state index in [1.54, 1.807) is 11.3 Å². The molecule has 0 fully saturated rings. The van der Waals surface area contributed by atoms with Crippen LogP contribution in [0, 0.1) is 0 Å². The van der Waals surface area contributed by atoms with Gasteiger partial charge in [-0.05, 0) is 12.6 Å². The Labute approximate surface area is 119 Å². The third-order valence-electron chi connectivity index (χ3n) is 3.25. The molecule has 102 valence electrons. The van der Waals surface area contributed by atoms with Crippen molar-refractivity contribution in [3.8, 4) is 0 Å². The van der Waals surface area contributed by atoms with E-state index in [9.17, 15) is 0 Å². The van der Waals surface area contributed by atoms with Crippen molar-refractivity contribution >= 4 is 11.3 Å². The summed E-state index contributed by atoms with van der Waals surface area (Å²) in [5, 5.41) is 6.77. The molecule has 1 N–H and O–H groups in total. The zero-order valence-corrected chi connectivity index (χ0v) is 12.9. The van der Waals surface area contributed by atoms with Gasteiger partial charge in [-0.15, -0.1) is 11.3 Å². The summed E-state index contributed by atoms with van der Waals surface area (Å²) in [4.78, 5) is 4.77. The zero-order chi connectivity index (χ0) is 13.9. The fraction of sp³-hybridized carbons (Fsp3) is 0.438. The van der Waals surface area contributed by atoms with Crippen LogP contribution in [0.5, 0.6) is 0 Å². The lowest BCUT2D eigenvalue weighted by Crippen LogP contribution is -2.19. The maximum Gasteiger partial charge on any atom is 0.0947 e. The molecule has 1 unspecified atom stereocenters. The molecule has 2 aromatic rings. The minimum atomic E-state index is 0.136. The average Bonchev–Trinajstić information content (AvgIpc) is 2.85. The Morgan fingerprint density at radius 1 is 1.21 bits per heavy atom. The smallest absolute Gasteiger partial charge is 0.0947 e. The minimum absolute atomic E-state index is 0.136. The van der Waals surface area contributed by atoms with Crippen molar-refractivity contribution in [3.05, 3.63) is 52.0 Å². The standard InChI is InChI=1S/C16H22N2S/c1-16(2,3)14-11-19-15(18-14)10-13(17-4)12-8-6-5-7-9-12/h5-9,11,13,17H,10H2,1-4H3. The first-order chi connectivity index (χ1) is 9.00. The van der Waals surface area contributed by atoms with E-state index in [2.05, 4.69) is 61.8 Å². The van der Waals surface area contributed by atoms with Crippen LogP contribution in [0.25, 0.3) is 0 Å². The summed E-state index contributed by atoms with van der Waals surface area (Å²) in [6.45, 7) is 6.62. The zero-order valence-electron chi connectivity index (χ0n) is 12.1. The molecule has 0 amide bonds. The molecule has 0 spiro atoms. The van der Waals surface area contributed by atoms with Crippen LogP contribution in [0.3, 0.4) is 0 Å². The van der Waals surface area contributed by atoms with Crippen molar-refractivity contribution in [2.24, 2.45) is 0 Å². The van der Waals surface area contributed by atoms with Gasteiger partial charge in [0.05, 0.1) is 10.7 Å². The van der Waals surface area contributed by atoms with E-state index < -0.39 is 0 Å². The minimum Gasteiger partial charge on any atom is -0.313 e.